The lowest BCUT2D eigenvalue weighted by Gasteiger charge is -2.09. The predicted octanol–water partition coefficient (Wildman–Crippen LogP) is 1.70. The molecule has 146 valence electrons. The summed E-state index contributed by atoms with van der Waals surface area (Å²) in [6.45, 7) is 4.18. The first-order valence-electron chi connectivity index (χ1n) is 8.44. The number of hydrogen-bond donors (Lipinski definition) is 3. The van der Waals surface area contributed by atoms with Crippen LogP contribution >= 0.6 is 12.4 Å². The maximum absolute atomic E-state index is 12.9. The summed E-state index contributed by atoms with van der Waals surface area (Å²) < 4.78 is 12.9. The molecule has 3 N–H and O–H groups in total. The quantitative estimate of drug-likeness (QED) is 0.561. The van der Waals surface area contributed by atoms with Crippen molar-refractivity contribution in [3.63, 3.8) is 0 Å². The van der Waals surface area contributed by atoms with E-state index in [0.717, 1.165) is 18.5 Å². The highest BCUT2D eigenvalue weighted by Gasteiger charge is 2.19. The van der Waals surface area contributed by atoms with Gasteiger partial charge in [0.05, 0.1) is 0 Å². The van der Waals surface area contributed by atoms with E-state index in [0.29, 0.717) is 13.1 Å². The number of benzene rings is 1. The molecule has 2 amide bonds. The van der Waals surface area contributed by atoms with Crippen molar-refractivity contribution in [1.82, 2.24) is 25.9 Å². The second-order valence-corrected chi connectivity index (χ2v) is 5.57. The predicted molar refractivity (Wildman–Crippen MR) is 102 cm³/mol. The maximum Gasteiger partial charge on any atom is 0.272 e. The van der Waals surface area contributed by atoms with Gasteiger partial charge >= 0.3 is 0 Å². The molecule has 27 heavy (non-hydrogen) atoms. The van der Waals surface area contributed by atoms with Crippen LogP contribution in [0.15, 0.2) is 36.7 Å². The highest BCUT2D eigenvalue weighted by molar-refractivity contribution is 6.04. The van der Waals surface area contributed by atoms with Gasteiger partial charge in [-0.05, 0) is 30.7 Å². The Morgan fingerprint density at radius 2 is 1.52 bits per heavy atom. The molecule has 7 nitrogen and oxygen atoms in total. The first kappa shape index (κ1) is 22.5. The number of halogens is 2. The van der Waals surface area contributed by atoms with Crippen LogP contribution in [-0.2, 0) is 6.54 Å². The molecule has 0 unspecified atom stereocenters. The van der Waals surface area contributed by atoms with Crippen LogP contribution in [0.4, 0.5) is 4.39 Å². The SMILES string of the molecule is CCCNCCNC(=O)c1nccnc1C(=O)NCc1ccc(F)cc1.Cl. The molecule has 2 rings (SSSR count). The number of hydrogen-bond acceptors (Lipinski definition) is 5. The zero-order chi connectivity index (χ0) is 18.8. The molecule has 2 aromatic rings. The molecule has 1 aromatic carbocycles. The van der Waals surface area contributed by atoms with Crippen LogP contribution < -0.4 is 16.0 Å². The normalized spacial score (nSPS) is 10.0. The molecule has 0 aliphatic carbocycles. The number of nitrogens with one attached hydrogen (secondary N) is 3. The fraction of sp³-hybridized carbons (Fsp3) is 0.333. The van der Waals surface area contributed by atoms with Gasteiger partial charge in [-0.15, -0.1) is 12.4 Å². The van der Waals surface area contributed by atoms with Gasteiger partial charge in [-0.2, -0.15) is 0 Å². The fourth-order valence-electron chi connectivity index (χ4n) is 2.19. The highest BCUT2D eigenvalue weighted by atomic mass is 35.5. The van der Waals surface area contributed by atoms with Crippen molar-refractivity contribution in [2.75, 3.05) is 19.6 Å². The standard InChI is InChI=1S/C18H22FN5O2.ClH/c1-2-7-20-8-9-23-17(25)15-16(22-11-10-21-15)18(26)24-12-13-3-5-14(19)6-4-13;/h3-6,10-11,20H,2,7-9,12H2,1H3,(H,23,25)(H,24,26);1H. The molecule has 1 aromatic heterocycles. The number of carbonyl (C=O) groups excluding carboxylic acids is 2. The average molecular weight is 396 g/mol. The van der Waals surface area contributed by atoms with Gasteiger partial charge in [0.2, 0.25) is 0 Å². The first-order chi connectivity index (χ1) is 12.6. The van der Waals surface area contributed by atoms with Gasteiger partial charge in [0.15, 0.2) is 11.4 Å². The topological polar surface area (TPSA) is 96.0 Å². The molecule has 0 atom stereocenters. The van der Waals surface area contributed by atoms with Crippen molar-refractivity contribution in [2.24, 2.45) is 0 Å². The number of nitrogens with zero attached hydrogens (tertiary/aromatic N) is 2. The zero-order valence-corrected chi connectivity index (χ0v) is 15.8. The lowest BCUT2D eigenvalue weighted by molar-refractivity contribution is 0.0910. The Labute approximate surface area is 163 Å². The maximum atomic E-state index is 12.9. The Bertz CT molecular complexity index is 743. The summed E-state index contributed by atoms with van der Waals surface area (Å²) in [6.07, 6.45) is 3.73. The highest BCUT2D eigenvalue weighted by Crippen LogP contribution is 2.05. The average Bonchev–Trinajstić information content (AvgIpc) is 2.67. The molecule has 0 bridgehead atoms. The van der Waals surface area contributed by atoms with Crippen LogP contribution in [0.1, 0.15) is 39.9 Å². The molecule has 0 aliphatic rings. The monoisotopic (exact) mass is 395 g/mol. The van der Waals surface area contributed by atoms with Crippen LogP contribution in [0.3, 0.4) is 0 Å². The molecule has 9 heteroatoms. The number of amides is 2. The van der Waals surface area contributed by atoms with Crippen molar-refractivity contribution in [1.29, 1.82) is 0 Å². The third-order valence-electron chi connectivity index (χ3n) is 3.51. The molecule has 0 aliphatic heterocycles. The number of carbonyl (C=O) groups is 2. The van der Waals surface area contributed by atoms with Crippen molar-refractivity contribution in [3.05, 3.63) is 59.4 Å². The molecule has 1 heterocycles. The minimum atomic E-state index is -0.517. The molecule has 0 radical (unpaired) electrons. The van der Waals surface area contributed by atoms with Gasteiger partial charge in [0.1, 0.15) is 5.82 Å². The van der Waals surface area contributed by atoms with Gasteiger partial charge in [0, 0.05) is 32.0 Å². The molecular weight excluding hydrogens is 373 g/mol. The van der Waals surface area contributed by atoms with Crippen molar-refractivity contribution < 1.29 is 14.0 Å². The zero-order valence-electron chi connectivity index (χ0n) is 15.0. The van der Waals surface area contributed by atoms with E-state index in [1.807, 2.05) is 0 Å². The van der Waals surface area contributed by atoms with Crippen molar-refractivity contribution >= 4 is 24.2 Å². The summed E-state index contributed by atoms with van der Waals surface area (Å²) >= 11 is 0. The Morgan fingerprint density at radius 3 is 2.11 bits per heavy atom. The van der Waals surface area contributed by atoms with E-state index in [4.69, 9.17) is 0 Å². The summed E-state index contributed by atoms with van der Waals surface area (Å²) in [6, 6.07) is 5.77. The Hall–Kier alpha value is -2.58. The third-order valence-corrected chi connectivity index (χ3v) is 3.51. The number of rotatable bonds is 9. The van der Waals surface area contributed by atoms with E-state index in [-0.39, 0.29) is 36.2 Å². The van der Waals surface area contributed by atoms with E-state index in [2.05, 4.69) is 32.8 Å². The van der Waals surface area contributed by atoms with Gasteiger partial charge in [0.25, 0.3) is 11.8 Å². The summed E-state index contributed by atoms with van der Waals surface area (Å²) in [5.41, 5.74) is 0.657. The van der Waals surface area contributed by atoms with Crippen molar-refractivity contribution in [2.45, 2.75) is 19.9 Å². The first-order valence-corrected chi connectivity index (χ1v) is 8.44. The van der Waals surface area contributed by atoms with Gasteiger partial charge in [-0.1, -0.05) is 19.1 Å². The summed E-state index contributed by atoms with van der Waals surface area (Å²) in [7, 11) is 0. The van der Waals surface area contributed by atoms with Crippen LogP contribution in [-0.4, -0.2) is 41.4 Å². The van der Waals surface area contributed by atoms with Gasteiger partial charge in [-0.3, -0.25) is 9.59 Å². The van der Waals surface area contributed by atoms with Gasteiger partial charge in [-0.25, -0.2) is 14.4 Å². The molecule has 0 fully saturated rings. The smallest absolute Gasteiger partial charge is 0.272 e. The van der Waals surface area contributed by atoms with E-state index in [1.165, 1.54) is 24.5 Å². The molecule has 0 spiro atoms. The van der Waals surface area contributed by atoms with E-state index in [1.54, 1.807) is 12.1 Å². The molecular formula is C18H23ClFN5O2. The second kappa shape index (κ2) is 11.9. The van der Waals surface area contributed by atoms with Crippen LogP contribution in [0.2, 0.25) is 0 Å². The van der Waals surface area contributed by atoms with Gasteiger partial charge < -0.3 is 16.0 Å². The van der Waals surface area contributed by atoms with Crippen LogP contribution in [0.25, 0.3) is 0 Å². The lowest BCUT2D eigenvalue weighted by atomic mass is 10.2. The molecule has 0 saturated heterocycles. The number of aromatic nitrogens is 2. The molecule has 0 saturated carbocycles. The third kappa shape index (κ3) is 7.28. The summed E-state index contributed by atoms with van der Waals surface area (Å²) in [5.74, 6) is -1.32. The lowest BCUT2D eigenvalue weighted by Crippen LogP contribution is -2.35. The Morgan fingerprint density at radius 1 is 0.926 bits per heavy atom. The Balaban J connectivity index is 0.00000364. The fourth-order valence-corrected chi connectivity index (χ4v) is 2.19. The summed E-state index contributed by atoms with van der Waals surface area (Å²) in [5, 5.41) is 8.53. The van der Waals surface area contributed by atoms with E-state index >= 15 is 0 Å². The largest absolute Gasteiger partial charge is 0.349 e. The van der Waals surface area contributed by atoms with Crippen LogP contribution in [0, 0.1) is 5.82 Å². The van der Waals surface area contributed by atoms with Crippen LogP contribution in [0.5, 0.6) is 0 Å². The minimum Gasteiger partial charge on any atom is -0.349 e. The minimum absolute atomic E-state index is 0. The van der Waals surface area contributed by atoms with E-state index in [9.17, 15) is 14.0 Å². The van der Waals surface area contributed by atoms with E-state index < -0.39 is 11.8 Å². The van der Waals surface area contributed by atoms with Crippen molar-refractivity contribution in [3.8, 4) is 0 Å². The second-order valence-electron chi connectivity index (χ2n) is 5.57. The summed E-state index contributed by atoms with van der Waals surface area (Å²) in [4.78, 5) is 32.5. The Kier molecular flexibility index (Phi) is 9.92.